The third-order valence-corrected chi connectivity index (χ3v) is 5.59. The molecule has 0 radical (unpaired) electrons. The van der Waals surface area contributed by atoms with Crippen LogP contribution in [0.5, 0.6) is 5.75 Å². The molecule has 160 valence electrons. The number of benzene rings is 3. The number of carbonyl (C=O) groups excluding carboxylic acids is 2. The van der Waals surface area contributed by atoms with Crippen LogP contribution in [0.3, 0.4) is 0 Å². The van der Waals surface area contributed by atoms with Crippen molar-refractivity contribution in [3.05, 3.63) is 120 Å². The summed E-state index contributed by atoms with van der Waals surface area (Å²) < 4.78 is 11.0. The second-order valence-electron chi connectivity index (χ2n) is 7.75. The molecule has 4 rings (SSSR count). The lowest BCUT2D eigenvalue weighted by Gasteiger charge is -2.39. The minimum atomic E-state index is -0.660. The van der Waals surface area contributed by atoms with Crippen molar-refractivity contribution in [1.82, 2.24) is 0 Å². The summed E-state index contributed by atoms with van der Waals surface area (Å²) in [4.78, 5) is 23.3. The third kappa shape index (κ3) is 4.26. The first-order valence-electron chi connectivity index (χ1n) is 10.5. The summed E-state index contributed by atoms with van der Waals surface area (Å²) in [5, 5.41) is 0. The van der Waals surface area contributed by atoms with E-state index >= 15 is 0 Å². The van der Waals surface area contributed by atoms with Gasteiger partial charge in [0, 0.05) is 13.8 Å². The Kier molecular flexibility index (Phi) is 6.04. The summed E-state index contributed by atoms with van der Waals surface area (Å²) in [6.07, 6.45) is 4.48. The van der Waals surface area contributed by atoms with Crippen molar-refractivity contribution < 1.29 is 19.1 Å². The molecule has 0 spiro atoms. The molecule has 0 N–H and O–H groups in total. The Hall–Kier alpha value is -3.92. The highest BCUT2D eigenvalue weighted by atomic mass is 16.5. The van der Waals surface area contributed by atoms with E-state index in [0.29, 0.717) is 17.9 Å². The van der Waals surface area contributed by atoms with E-state index in [0.717, 1.165) is 22.3 Å². The van der Waals surface area contributed by atoms with Gasteiger partial charge in [-0.3, -0.25) is 9.59 Å². The lowest BCUT2D eigenvalue weighted by molar-refractivity contribution is -0.138. The number of carbonyl (C=O) groups is 2. The van der Waals surface area contributed by atoms with Gasteiger partial charge in [0.05, 0.1) is 5.41 Å². The van der Waals surface area contributed by atoms with Crippen molar-refractivity contribution in [3.8, 4) is 5.75 Å². The van der Waals surface area contributed by atoms with Crippen LogP contribution >= 0.6 is 0 Å². The number of ether oxygens (including phenoxy) is 2. The van der Waals surface area contributed by atoms with Crippen LogP contribution in [0.2, 0.25) is 0 Å². The van der Waals surface area contributed by atoms with E-state index in [-0.39, 0.29) is 11.9 Å². The summed E-state index contributed by atoms with van der Waals surface area (Å²) >= 11 is 0. The zero-order chi connectivity index (χ0) is 22.6. The van der Waals surface area contributed by atoms with E-state index in [9.17, 15) is 9.59 Å². The Labute approximate surface area is 187 Å². The molecule has 3 aromatic carbocycles. The predicted octanol–water partition coefficient (Wildman–Crippen LogP) is 5.83. The summed E-state index contributed by atoms with van der Waals surface area (Å²) in [5.41, 5.74) is 3.52. The second-order valence-corrected chi connectivity index (χ2v) is 7.75. The van der Waals surface area contributed by atoms with Crippen molar-refractivity contribution in [3.63, 3.8) is 0 Å². The zero-order valence-electron chi connectivity index (χ0n) is 18.1. The first-order valence-corrected chi connectivity index (χ1v) is 10.5. The fourth-order valence-corrected chi connectivity index (χ4v) is 4.23. The molecule has 1 aliphatic carbocycles. The summed E-state index contributed by atoms with van der Waals surface area (Å²) in [6, 6.07) is 27.7. The Morgan fingerprint density at radius 2 is 1.22 bits per heavy atom. The van der Waals surface area contributed by atoms with Crippen LogP contribution in [0.1, 0.15) is 37.0 Å². The highest BCUT2D eigenvalue weighted by Crippen LogP contribution is 2.49. The van der Waals surface area contributed by atoms with Gasteiger partial charge in [-0.25, -0.2) is 0 Å². The highest BCUT2D eigenvalue weighted by Gasteiger charge is 2.42. The minimum absolute atomic E-state index is 0.351. The molecule has 1 aliphatic rings. The Bertz CT molecular complexity index is 1130. The minimum Gasteiger partial charge on any atom is -0.430 e. The maximum Gasteiger partial charge on any atom is 0.308 e. The van der Waals surface area contributed by atoms with Gasteiger partial charge in [-0.15, -0.1) is 0 Å². The predicted molar refractivity (Wildman–Crippen MR) is 124 cm³/mol. The smallest absolute Gasteiger partial charge is 0.308 e. The molecule has 0 amide bonds. The van der Waals surface area contributed by atoms with E-state index in [1.165, 1.54) is 13.8 Å². The van der Waals surface area contributed by atoms with Crippen molar-refractivity contribution in [2.24, 2.45) is 0 Å². The molecular formula is C28H24O4. The molecule has 4 nitrogen and oxygen atoms in total. The summed E-state index contributed by atoms with van der Waals surface area (Å²) in [6.45, 7) is 2.81. The summed E-state index contributed by atoms with van der Waals surface area (Å²) in [5.74, 6) is 0.403. The summed E-state index contributed by atoms with van der Waals surface area (Å²) in [7, 11) is 0. The first-order chi connectivity index (χ1) is 15.5. The molecule has 0 atom stereocenters. The van der Waals surface area contributed by atoms with Gasteiger partial charge in [0.15, 0.2) is 0 Å². The molecule has 32 heavy (non-hydrogen) atoms. The van der Waals surface area contributed by atoms with Crippen molar-refractivity contribution >= 4 is 17.5 Å². The van der Waals surface area contributed by atoms with Gasteiger partial charge in [0.2, 0.25) is 0 Å². The van der Waals surface area contributed by atoms with Gasteiger partial charge in [-0.1, -0.05) is 78.9 Å². The third-order valence-electron chi connectivity index (χ3n) is 5.59. The van der Waals surface area contributed by atoms with Crippen molar-refractivity contribution in [1.29, 1.82) is 0 Å². The fourth-order valence-electron chi connectivity index (χ4n) is 4.23. The average Bonchev–Trinajstić information content (AvgIpc) is 2.80. The lowest BCUT2D eigenvalue weighted by Crippen LogP contribution is -2.34. The Balaban J connectivity index is 1.85. The second kappa shape index (κ2) is 9.06. The van der Waals surface area contributed by atoms with Gasteiger partial charge < -0.3 is 9.47 Å². The largest absolute Gasteiger partial charge is 0.430 e. The normalized spacial score (nSPS) is 14.7. The maximum atomic E-state index is 12.0. The van der Waals surface area contributed by atoms with E-state index in [1.807, 2.05) is 60.7 Å². The number of rotatable bonds is 5. The van der Waals surface area contributed by atoms with Crippen LogP contribution in [0.25, 0.3) is 5.57 Å². The molecule has 0 saturated carbocycles. The first kappa shape index (κ1) is 21.3. The van der Waals surface area contributed by atoms with Crippen LogP contribution in [0, 0.1) is 0 Å². The SMILES string of the molecule is CC(=O)OC1=CC=C(c2ccc(OC(C)=O)cc2)CC1(c1ccccc1)c1ccccc1. The standard InChI is InChI=1S/C28H24O4/c1-20(29)31-26-16-13-22(14-17-26)23-15-18-27(32-21(2)30)28(19-23,24-9-5-3-6-10-24)25-11-7-4-8-12-25/h3-18H,19H2,1-2H3. The fraction of sp³-hybridized carbons (Fsp3) is 0.143. The van der Waals surface area contributed by atoms with Crippen LogP contribution < -0.4 is 4.74 Å². The molecule has 3 aromatic rings. The Morgan fingerprint density at radius 1 is 0.688 bits per heavy atom. The van der Waals surface area contributed by atoms with E-state index in [1.54, 1.807) is 12.1 Å². The van der Waals surface area contributed by atoms with Crippen LogP contribution in [-0.2, 0) is 19.7 Å². The van der Waals surface area contributed by atoms with Crippen LogP contribution in [-0.4, -0.2) is 11.9 Å². The maximum absolute atomic E-state index is 12.0. The average molecular weight is 424 g/mol. The number of hydrogen-bond donors (Lipinski definition) is 0. The van der Waals surface area contributed by atoms with Gasteiger partial charge >= 0.3 is 11.9 Å². The quantitative estimate of drug-likeness (QED) is 0.382. The van der Waals surface area contributed by atoms with Gasteiger partial charge in [0.1, 0.15) is 11.5 Å². The van der Waals surface area contributed by atoms with Crippen LogP contribution in [0.15, 0.2) is 103 Å². The van der Waals surface area contributed by atoms with E-state index in [4.69, 9.17) is 9.47 Å². The highest BCUT2D eigenvalue weighted by molar-refractivity contribution is 5.76. The molecule has 0 fully saturated rings. The van der Waals surface area contributed by atoms with E-state index < -0.39 is 5.41 Å². The molecule has 4 heteroatoms. The molecule has 0 saturated heterocycles. The topological polar surface area (TPSA) is 52.6 Å². The van der Waals surface area contributed by atoms with Gasteiger partial charge in [-0.2, -0.15) is 0 Å². The van der Waals surface area contributed by atoms with Crippen molar-refractivity contribution in [2.45, 2.75) is 25.7 Å². The van der Waals surface area contributed by atoms with Gasteiger partial charge in [-0.05, 0) is 46.9 Å². The zero-order valence-corrected chi connectivity index (χ0v) is 18.1. The molecule has 0 heterocycles. The van der Waals surface area contributed by atoms with Gasteiger partial charge in [0.25, 0.3) is 0 Å². The van der Waals surface area contributed by atoms with Crippen molar-refractivity contribution in [2.75, 3.05) is 0 Å². The molecule has 0 unspecified atom stereocenters. The number of hydrogen-bond acceptors (Lipinski definition) is 4. The molecule has 0 bridgehead atoms. The molecular weight excluding hydrogens is 400 g/mol. The molecule has 0 aromatic heterocycles. The number of esters is 2. The monoisotopic (exact) mass is 424 g/mol. The molecule has 0 aliphatic heterocycles. The number of allylic oxidation sites excluding steroid dienone is 4. The lowest BCUT2D eigenvalue weighted by atomic mass is 9.66. The van der Waals surface area contributed by atoms with E-state index in [2.05, 4.69) is 24.3 Å². The Morgan fingerprint density at radius 3 is 1.72 bits per heavy atom. The van der Waals surface area contributed by atoms with Crippen LogP contribution in [0.4, 0.5) is 0 Å².